The molecule has 0 heterocycles. The van der Waals surface area contributed by atoms with Crippen LogP contribution in [0.3, 0.4) is 0 Å². The van der Waals surface area contributed by atoms with Gasteiger partial charge in [-0.1, -0.05) is 128 Å². The molecule has 2 aliphatic rings. The number of rotatable bonds is 8. The molecule has 0 radical (unpaired) electrons. The van der Waals surface area contributed by atoms with Gasteiger partial charge in [0.25, 0.3) is 0 Å². The van der Waals surface area contributed by atoms with E-state index in [2.05, 4.69) is 128 Å². The molecule has 4 aromatic rings. The van der Waals surface area contributed by atoms with Crippen LogP contribution in [0.1, 0.15) is 26.2 Å². The Kier molecular flexibility index (Phi) is 7.07. The van der Waals surface area contributed by atoms with E-state index in [9.17, 15) is 5.11 Å². The third-order valence-corrected chi connectivity index (χ3v) is 14.9. The standard InChI is InChI=1S/C34H36OP2/c1-33(25-36(28-14-6-2-7-15-28)29-16-8-3-9-17-29)27-22-23-34(33,32(35)24-27)26-37(30-18-10-4-11-19-30)31-20-12-5-13-21-31/h2-21,27,32,35H,22-26H2,1H3/t27-,32-,33+,34-/m1/s1. The van der Waals surface area contributed by atoms with E-state index in [0.717, 1.165) is 25.2 Å². The van der Waals surface area contributed by atoms with Crippen molar-refractivity contribution in [1.82, 2.24) is 0 Å². The first-order chi connectivity index (χ1) is 18.1. The van der Waals surface area contributed by atoms with E-state index in [4.69, 9.17) is 0 Å². The van der Waals surface area contributed by atoms with Crippen LogP contribution in [0.4, 0.5) is 0 Å². The first kappa shape index (κ1) is 25.0. The maximum Gasteiger partial charge on any atom is 0.0608 e. The molecule has 3 heteroatoms. The molecule has 0 aromatic heterocycles. The summed E-state index contributed by atoms with van der Waals surface area (Å²) >= 11 is 0. The zero-order valence-corrected chi connectivity index (χ0v) is 23.4. The predicted octanol–water partition coefficient (Wildman–Crippen LogP) is 6.42. The van der Waals surface area contributed by atoms with Gasteiger partial charge in [0.1, 0.15) is 0 Å². The third kappa shape index (κ3) is 4.51. The number of hydrogen-bond donors (Lipinski definition) is 1. The average Bonchev–Trinajstić information content (AvgIpc) is 3.34. The molecule has 2 bridgehead atoms. The minimum atomic E-state index is -0.561. The van der Waals surface area contributed by atoms with Crippen LogP contribution in [0.25, 0.3) is 0 Å². The highest BCUT2D eigenvalue weighted by Gasteiger charge is 2.66. The van der Waals surface area contributed by atoms with Gasteiger partial charge in [0.15, 0.2) is 0 Å². The van der Waals surface area contributed by atoms with E-state index in [1.807, 2.05) is 0 Å². The molecule has 4 atom stereocenters. The summed E-state index contributed by atoms with van der Waals surface area (Å²) in [5.74, 6) is 0.586. The van der Waals surface area contributed by atoms with Crippen LogP contribution in [0.15, 0.2) is 121 Å². The van der Waals surface area contributed by atoms with E-state index in [1.165, 1.54) is 27.6 Å². The number of aliphatic hydroxyl groups excluding tert-OH is 1. The van der Waals surface area contributed by atoms with Crippen LogP contribution >= 0.6 is 15.8 Å². The fourth-order valence-corrected chi connectivity index (χ4v) is 13.2. The first-order valence-corrected chi connectivity index (χ1v) is 16.6. The minimum absolute atomic E-state index is 0.0564. The Morgan fingerprint density at radius 1 is 0.622 bits per heavy atom. The summed E-state index contributed by atoms with van der Waals surface area (Å²) in [7, 11) is -1.07. The van der Waals surface area contributed by atoms with E-state index in [1.54, 1.807) is 0 Å². The average molecular weight is 523 g/mol. The van der Waals surface area contributed by atoms with E-state index in [0.29, 0.717) is 5.92 Å². The second-order valence-electron chi connectivity index (χ2n) is 11.1. The molecule has 2 aliphatic carbocycles. The van der Waals surface area contributed by atoms with E-state index in [-0.39, 0.29) is 16.9 Å². The molecule has 4 aromatic carbocycles. The molecule has 0 unspecified atom stereocenters. The Morgan fingerprint density at radius 3 is 1.38 bits per heavy atom. The quantitative estimate of drug-likeness (QED) is 0.265. The molecule has 2 fully saturated rings. The van der Waals surface area contributed by atoms with Crippen LogP contribution < -0.4 is 21.2 Å². The molecule has 0 saturated heterocycles. The maximum absolute atomic E-state index is 11.8. The highest BCUT2D eigenvalue weighted by molar-refractivity contribution is 7.73. The largest absolute Gasteiger partial charge is 0.393 e. The SMILES string of the molecule is C[C@]1(CP(c2ccccc2)c2ccccc2)[C@@H]2CC[C@@]1(CP(c1ccccc1)c1ccccc1)[C@H](O)C2. The van der Waals surface area contributed by atoms with Gasteiger partial charge in [0, 0.05) is 5.41 Å². The van der Waals surface area contributed by atoms with Gasteiger partial charge in [-0.25, -0.2) is 0 Å². The predicted molar refractivity (Wildman–Crippen MR) is 162 cm³/mol. The molecule has 0 amide bonds. The van der Waals surface area contributed by atoms with Crippen molar-refractivity contribution in [2.45, 2.75) is 32.3 Å². The summed E-state index contributed by atoms with van der Waals surface area (Å²) in [4.78, 5) is 0. The van der Waals surface area contributed by atoms with Crippen LogP contribution in [0, 0.1) is 16.7 Å². The summed E-state index contributed by atoms with van der Waals surface area (Å²) in [6, 6.07) is 44.5. The Labute approximate surface area is 224 Å². The number of aliphatic hydroxyl groups is 1. The third-order valence-electron chi connectivity index (χ3n) is 9.32. The second kappa shape index (κ2) is 10.5. The van der Waals surface area contributed by atoms with Gasteiger partial charge < -0.3 is 5.11 Å². The Hall–Kier alpha value is -2.30. The van der Waals surface area contributed by atoms with Gasteiger partial charge >= 0.3 is 0 Å². The molecule has 1 nitrogen and oxygen atoms in total. The number of benzene rings is 4. The Morgan fingerprint density at radius 2 is 1.00 bits per heavy atom. The summed E-state index contributed by atoms with van der Waals surface area (Å²) in [6.07, 6.45) is 5.32. The van der Waals surface area contributed by atoms with Gasteiger partial charge in [-0.2, -0.15) is 0 Å². The van der Waals surface area contributed by atoms with Gasteiger partial charge in [-0.3, -0.25) is 0 Å². The summed E-state index contributed by atoms with van der Waals surface area (Å²) in [5, 5.41) is 17.6. The lowest BCUT2D eigenvalue weighted by molar-refractivity contribution is 0.0176. The zero-order chi connectivity index (χ0) is 25.3. The van der Waals surface area contributed by atoms with Gasteiger partial charge in [0.05, 0.1) is 6.10 Å². The van der Waals surface area contributed by atoms with Gasteiger partial charge in [-0.15, -0.1) is 0 Å². The maximum atomic E-state index is 11.8. The number of fused-ring (bicyclic) bond motifs is 2. The molecule has 6 rings (SSSR count). The molecular formula is C34H36OP2. The van der Waals surface area contributed by atoms with Crippen molar-refractivity contribution < 1.29 is 5.11 Å². The Balaban J connectivity index is 1.42. The van der Waals surface area contributed by atoms with E-state index < -0.39 is 15.8 Å². The number of hydrogen-bond acceptors (Lipinski definition) is 1. The lowest BCUT2D eigenvalue weighted by Gasteiger charge is -2.46. The van der Waals surface area contributed by atoms with Crippen LogP contribution in [-0.2, 0) is 0 Å². The Bertz CT molecular complexity index is 1220. The van der Waals surface area contributed by atoms with Crippen LogP contribution in [-0.4, -0.2) is 23.5 Å². The van der Waals surface area contributed by atoms with Crippen molar-refractivity contribution in [2.24, 2.45) is 16.7 Å². The molecule has 1 N–H and O–H groups in total. The molecular weight excluding hydrogens is 486 g/mol. The minimum Gasteiger partial charge on any atom is -0.393 e. The summed E-state index contributed by atoms with van der Waals surface area (Å²) < 4.78 is 0. The first-order valence-electron chi connectivity index (χ1n) is 13.5. The lowest BCUT2D eigenvalue weighted by Crippen LogP contribution is -2.46. The topological polar surface area (TPSA) is 20.2 Å². The molecule has 188 valence electrons. The van der Waals surface area contributed by atoms with Crippen molar-refractivity contribution in [3.63, 3.8) is 0 Å². The second-order valence-corrected chi connectivity index (χ2v) is 15.5. The van der Waals surface area contributed by atoms with Crippen molar-refractivity contribution in [2.75, 3.05) is 12.3 Å². The van der Waals surface area contributed by atoms with Crippen LogP contribution in [0.2, 0.25) is 0 Å². The van der Waals surface area contributed by atoms with Crippen molar-refractivity contribution in [3.05, 3.63) is 121 Å². The van der Waals surface area contributed by atoms with Crippen molar-refractivity contribution in [3.8, 4) is 0 Å². The highest BCUT2D eigenvalue weighted by Crippen LogP contribution is 2.71. The molecule has 2 saturated carbocycles. The smallest absolute Gasteiger partial charge is 0.0608 e. The van der Waals surface area contributed by atoms with Gasteiger partial charge in [0.2, 0.25) is 0 Å². The summed E-state index contributed by atoms with van der Waals surface area (Å²) in [5.41, 5.74) is 0.0488. The molecule has 37 heavy (non-hydrogen) atoms. The molecule has 0 aliphatic heterocycles. The van der Waals surface area contributed by atoms with Crippen LogP contribution in [0.5, 0.6) is 0 Å². The van der Waals surface area contributed by atoms with Crippen molar-refractivity contribution in [1.29, 1.82) is 0 Å². The van der Waals surface area contributed by atoms with Crippen molar-refractivity contribution >= 4 is 37.1 Å². The fraction of sp³-hybridized carbons (Fsp3) is 0.294. The lowest BCUT2D eigenvalue weighted by atomic mass is 9.69. The van der Waals surface area contributed by atoms with E-state index >= 15 is 0 Å². The molecule has 0 spiro atoms. The highest BCUT2D eigenvalue weighted by atomic mass is 31.1. The monoisotopic (exact) mass is 522 g/mol. The zero-order valence-electron chi connectivity index (χ0n) is 21.6. The normalized spacial score (nSPS) is 26.7. The summed E-state index contributed by atoms with van der Waals surface area (Å²) in [6.45, 7) is 2.55. The fourth-order valence-electron chi connectivity index (χ4n) is 7.22. The van der Waals surface area contributed by atoms with Gasteiger partial charge in [-0.05, 0) is 80.0 Å².